The first-order valence-electron chi connectivity index (χ1n) is 7.17. The number of aliphatic carboxylic acids is 1. The van der Waals surface area contributed by atoms with Crippen LogP contribution in [0.2, 0.25) is 0 Å². The summed E-state index contributed by atoms with van der Waals surface area (Å²) in [6, 6.07) is 9.34. The Hall–Kier alpha value is -1.84. The fraction of sp³-hybridized carbons (Fsp3) is 0.250. The topological polar surface area (TPSA) is 101 Å². The van der Waals surface area contributed by atoms with Gasteiger partial charge >= 0.3 is 5.97 Å². The van der Waals surface area contributed by atoms with Crippen molar-refractivity contribution in [3.8, 4) is 0 Å². The second kappa shape index (κ2) is 8.03. The number of amides is 1. The number of carboxylic acid groups (broad SMARTS) is 1. The van der Waals surface area contributed by atoms with Crippen molar-refractivity contribution in [1.29, 1.82) is 0 Å². The van der Waals surface area contributed by atoms with Crippen LogP contribution in [-0.4, -0.2) is 37.9 Å². The lowest BCUT2D eigenvalue weighted by atomic mass is 10.0. The van der Waals surface area contributed by atoms with E-state index in [1.807, 2.05) is 18.4 Å². The van der Waals surface area contributed by atoms with Gasteiger partial charge in [0.15, 0.2) is 9.84 Å². The molecule has 1 heterocycles. The number of carbonyl (C=O) groups excluding carboxylic acids is 1. The van der Waals surface area contributed by atoms with Crippen molar-refractivity contribution >= 4 is 44.8 Å². The van der Waals surface area contributed by atoms with Gasteiger partial charge in [-0.25, -0.2) is 8.42 Å². The van der Waals surface area contributed by atoms with E-state index in [2.05, 4.69) is 5.32 Å². The van der Waals surface area contributed by atoms with Crippen LogP contribution in [0.3, 0.4) is 0 Å². The van der Waals surface area contributed by atoms with E-state index in [4.69, 9.17) is 5.11 Å². The van der Waals surface area contributed by atoms with Crippen LogP contribution in [0.5, 0.6) is 0 Å². The molecular formula is C16H17NO5S3. The number of nitrogens with one attached hydrogen (secondary N) is 1. The second-order valence-corrected chi connectivity index (χ2v) is 9.49. The van der Waals surface area contributed by atoms with Gasteiger partial charge in [0.1, 0.15) is 4.21 Å². The van der Waals surface area contributed by atoms with Crippen molar-refractivity contribution in [3.63, 3.8) is 0 Å². The zero-order chi connectivity index (χ0) is 18.6. The van der Waals surface area contributed by atoms with Crippen LogP contribution in [0.15, 0.2) is 45.5 Å². The number of sulfone groups is 1. The summed E-state index contributed by atoms with van der Waals surface area (Å²) in [5, 5.41) is 11.8. The van der Waals surface area contributed by atoms with Gasteiger partial charge in [0.25, 0.3) is 5.91 Å². The van der Waals surface area contributed by atoms with E-state index >= 15 is 0 Å². The number of hydrogen-bond donors (Lipinski definition) is 2. The lowest BCUT2D eigenvalue weighted by Gasteiger charge is -2.17. The molecule has 1 amide bonds. The Kier molecular flexibility index (Phi) is 6.26. The molecule has 0 aliphatic carbocycles. The first-order valence-corrected chi connectivity index (χ1v) is 11.1. The van der Waals surface area contributed by atoms with Gasteiger partial charge in [-0.15, -0.1) is 23.1 Å². The third-order valence-electron chi connectivity index (χ3n) is 3.37. The van der Waals surface area contributed by atoms with Gasteiger partial charge in [-0.05, 0) is 36.1 Å². The third kappa shape index (κ3) is 5.32. The fourth-order valence-electron chi connectivity index (χ4n) is 2.13. The molecule has 0 saturated heterocycles. The predicted octanol–water partition coefficient (Wildman–Crippen LogP) is 2.82. The Morgan fingerprint density at radius 2 is 1.84 bits per heavy atom. The quantitative estimate of drug-likeness (QED) is 0.695. The number of benzene rings is 1. The molecule has 2 rings (SSSR count). The van der Waals surface area contributed by atoms with E-state index < -0.39 is 27.8 Å². The zero-order valence-electron chi connectivity index (χ0n) is 13.6. The van der Waals surface area contributed by atoms with Gasteiger partial charge in [-0.1, -0.05) is 12.1 Å². The normalized spacial score (nSPS) is 12.6. The van der Waals surface area contributed by atoms with Crippen LogP contribution in [0, 0.1) is 0 Å². The highest BCUT2D eigenvalue weighted by Crippen LogP contribution is 2.24. The van der Waals surface area contributed by atoms with Crippen LogP contribution in [-0.2, 0) is 14.6 Å². The predicted molar refractivity (Wildman–Crippen MR) is 98.1 cm³/mol. The number of thiophene rings is 1. The molecule has 2 N–H and O–H groups in total. The van der Waals surface area contributed by atoms with E-state index in [1.54, 1.807) is 23.9 Å². The average Bonchev–Trinajstić information content (AvgIpc) is 3.04. The van der Waals surface area contributed by atoms with Gasteiger partial charge in [0, 0.05) is 11.2 Å². The smallest absolute Gasteiger partial charge is 0.305 e. The van der Waals surface area contributed by atoms with Gasteiger partial charge < -0.3 is 10.4 Å². The molecule has 0 aliphatic heterocycles. The fourth-order valence-corrected chi connectivity index (χ4v) is 4.37. The first kappa shape index (κ1) is 19.5. The first-order chi connectivity index (χ1) is 11.7. The number of hydrogen-bond acceptors (Lipinski definition) is 6. The summed E-state index contributed by atoms with van der Waals surface area (Å²) in [6.45, 7) is 0. The summed E-state index contributed by atoms with van der Waals surface area (Å²) in [6.07, 6.45) is 2.73. The largest absolute Gasteiger partial charge is 0.481 e. The molecule has 0 radical (unpaired) electrons. The van der Waals surface area contributed by atoms with Crippen LogP contribution in [0.25, 0.3) is 0 Å². The second-order valence-electron chi connectivity index (χ2n) is 5.29. The Morgan fingerprint density at radius 1 is 1.20 bits per heavy atom. The van der Waals surface area contributed by atoms with E-state index in [-0.39, 0.29) is 15.5 Å². The highest BCUT2D eigenvalue weighted by atomic mass is 32.2. The Morgan fingerprint density at radius 3 is 2.32 bits per heavy atom. The van der Waals surface area contributed by atoms with Crippen LogP contribution < -0.4 is 5.32 Å². The number of rotatable bonds is 7. The maximum atomic E-state index is 12.4. The molecule has 1 aromatic heterocycles. The number of thioether (sulfide) groups is 1. The molecule has 9 heteroatoms. The Bertz CT molecular complexity index is 871. The van der Waals surface area contributed by atoms with Crippen molar-refractivity contribution in [3.05, 3.63) is 46.8 Å². The van der Waals surface area contributed by atoms with E-state index in [9.17, 15) is 18.0 Å². The van der Waals surface area contributed by atoms with Gasteiger partial charge in [0.2, 0.25) is 0 Å². The average molecular weight is 400 g/mol. The summed E-state index contributed by atoms with van der Waals surface area (Å²) in [5.41, 5.74) is 0.674. The molecule has 0 fully saturated rings. The van der Waals surface area contributed by atoms with Gasteiger partial charge in [-0.3, -0.25) is 9.59 Å². The van der Waals surface area contributed by atoms with Crippen LogP contribution >= 0.6 is 23.1 Å². The molecule has 0 spiro atoms. The molecule has 134 valence electrons. The monoisotopic (exact) mass is 399 g/mol. The SMILES string of the molecule is CSc1ccc(C(CC(=O)O)NC(=O)c2ccc(S(C)(=O)=O)s2)cc1. The molecule has 25 heavy (non-hydrogen) atoms. The minimum absolute atomic E-state index is 0.0942. The zero-order valence-corrected chi connectivity index (χ0v) is 16.0. The van der Waals surface area contributed by atoms with E-state index in [1.165, 1.54) is 12.1 Å². The van der Waals surface area contributed by atoms with Crippen LogP contribution in [0.4, 0.5) is 0 Å². The minimum atomic E-state index is -3.38. The Balaban J connectivity index is 2.22. The molecule has 1 atom stereocenters. The van der Waals surface area contributed by atoms with Crippen molar-refractivity contribution in [2.24, 2.45) is 0 Å². The molecule has 0 saturated carbocycles. The number of carboxylic acids is 1. The van der Waals surface area contributed by atoms with Crippen molar-refractivity contribution < 1.29 is 23.1 Å². The molecule has 1 unspecified atom stereocenters. The molecule has 0 bridgehead atoms. The highest BCUT2D eigenvalue weighted by Gasteiger charge is 2.21. The van der Waals surface area contributed by atoms with E-state index in [0.717, 1.165) is 22.5 Å². The van der Waals surface area contributed by atoms with Crippen molar-refractivity contribution in [1.82, 2.24) is 5.32 Å². The maximum absolute atomic E-state index is 12.4. The van der Waals surface area contributed by atoms with Crippen LogP contribution in [0.1, 0.15) is 27.7 Å². The summed E-state index contributed by atoms with van der Waals surface area (Å²) in [4.78, 5) is 24.8. The summed E-state index contributed by atoms with van der Waals surface area (Å²) in [7, 11) is -3.38. The molecule has 1 aromatic carbocycles. The number of carbonyl (C=O) groups is 2. The molecular weight excluding hydrogens is 382 g/mol. The Labute approximate surface area is 154 Å². The van der Waals surface area contributed by atoms with Gasteiger partial charge in [0.05, 0.1) is 17.3 Å². The summed E-state index contributed by atoms with van der Waals surface area (Å²) < 4.78 is 23.1. The van der Waals surface area contributed by atoms with E-state index in [0.29, 0.717) is 5.56 Å². The standard InChI is InChI=1S/C16H17NO5S3/c1-23-11-5-3-10(4-6-11)12(9-14(18)19)17-16(20)13-7-8-15(24-13)25(2,21)22/h3-8,12H,9H2,1-2H3,(H,17,20)(H,18,19). The third-order valence-corrected chi connectivity index (χ3v) is 7.02. The lowest BCUT2D eigenvalue weighted by Crippen LogP contribution is -2.29. The summed E-state index contributed by atoms with van der Waals surface area (Å²) in [5.74, 6) is -1.54. The maximum Gasteiger partial charge on any atom is 0.305 e. The highest BCUT2D eigenvalue weighted by molar-refractivity contribution is 7.98. The van der Waals surface area contributed by atoms with Crippen molar-refractivity contribution in [2.45, 2.75) is 21.6 Å². The molecule has 0 aliphatic rings. The summed E-state index contributed by atoms with van der Waals surface area (Å²) >= 11 is 2.42. The molecule has 2 aromatic rings. The minimum Gasteiger partial charge on any atom is -0.481 e. The molecule has 6 nitrogen and oxygen atoms in total. The lowest BCUT2D eigenvalue weighted by molar-refractivity contribution is -0.137. The van der Waals surface area contributed by atoms with Crippen molar-refractivity contribution in [2.75, 3.05) is 12.5 Å². The van der Waals surface area contributed by atoms with Gasteiger partial charge in [-0.2, -0.15) is 0 Å².